The molecule has 1 aromatic heterocycles. The number of pyridine rings is 1. The standard InChI is InChI=1S/C24H38N4O/c1-4-24(3,5-2)18-6-9-20(16-18)27-12-14-28(15-13-27)21-10-11-22(25-17-21)23(29)26-19-7-8-19/h10-11,17-20H,4-9,12-16H2,1-3H3,(H,26,29). The first-order chi connectivity index (χ1) is 14.0. The van der Waals surface area contributed by atoms with Gasteiger partial charge >= 0.3 is 0 Å². The van der Waals surface area contributed by atoms with Gasteiger partial charge in [-0.05, 0) is 55.6 Å². The molecule has 1 saturated heterocycles. The summed E-state index contributed by atoms with van der Waals surface area (Å²) in [7, 11) is 0. The Bertz CT molecular complexity index is 687. The quantitative estimate of drug-likeness (QED) is 0.751. The molecule has 3 fully saturated rings. The Labute approximate surface area is 176 Å². The lowest BCUT2D eigenvalue weighted by Crippen LogP contribution is -2.50. The molecule has 2 heterocycles. The van der Waals surface area contributed by atoms with E-state index >= 15 is 0 Å². The summed E-state index contributed by atoms with van der Waals surface area (Å²) in [4.78, 5) is 21.7. The van der Waals surface area contributed by atoms with Gasteiger partial charge in [0.05, 0.1) is 11.9 Å². The number of hydrogen-bond donors (Lipinski definition) is 1. The van der Waals surface area contributed by atoms with Crippen LogP contribution in [0.2, 0.25) is 0 Å². The minimum Gasteiger partial charge on any atom is -0.368 e. The van der Waals surface area contributed by atoms with E-state index in [0.717, 1.165) is 56.7 Å². The second kappa shape index (κ2) is 8.63. The molecule has 0 bridgehead atoms. The fourth-order valence-electron chi connectivity index (χ4n) is 5.29. The Balaban J connectivity index is 1.28. The molecule has 2 unspecified atom stereocenters. The molecule has 160 valence electrons. The molecule has 0 spiro atoms. The van der Waals surface area contributed by atoms with Gasteiger partial charge in [0.15, 0.2) is 0 Å². The maximum Gasteiger partial charge on any atom is 0.270 e. The lowest BCUT2D eigenvalue weighted by molar-refractivity contribution is 0.0946. The molecule has 1 aliphatic heterocycles. The highest BCUT2D eigenvalue weighted by atomic mass is 16.2. The molecule has 1 amide bonds. The Morgan fingerprint density at radius 3 is 2.41 bits per heavy atom. The summed E-state index contributed by atoms with van der Waals surface area (Å²) in [5, 5.41) is 3.01. The van der Waals surface area contributed by atoms with E-state index in [1.807, 2.05) is 12.3 Å². The van der Waals surface area contributed by atoms with E-state index < -0.39 is 0 Å². The first-order valence-corrected chi connectivity index (χ1v) is 11.8. The number of nitrogens with zero attached hydrogens (tertiary/aromatic N) is 3. The van der Waals surface area contributed by atoms with Crippen molar-refractivity contribution in [1.82, 2.24) is 15.2 Å². The van der Waals surface area contributed by atoms with Crippen molar-refractivity contribution in [2.24, 2.45) is 11.3 Å². The van der Waals surface area contributed by atoms with E-state index in [1.165, 1.54) is 32.1 Å². The van der Waals surface area contributed by atoms with Crippen molar-refractivity contribution in [2.75, 3.05) is 31.1 Å². The van der Waals surface area contributed by atoms with Gasteiger partial charge in [0.2, 0.25) is 0 Å². The molecule has 0 aromatic carbocycles. The second-order valence-corrected chi connectivity index (χ2v) is 9.70. The minimum absolute atomic E-state index is 0.0363. The lowest BCUT2D eigenvalue weighted by atomic mass is 9.72. The van der Waals surface area contributed by atoms with Crippen LogP contribution in [-0.2, 0) is 0 Å². The van der Waals surface area contributed by atoms with Crippen LogP contribution in [0, 0.1) is 11.3 Å². The van der Waals surface area contributed by atoms with Gasteiger partial charge in [0.1, 0.15) is 5.69 Å². The maximum absolute atomic E-state index is 12.1. The van der Waals surface area contributed by atoms with Crippen molar-refractivity contribution in [3.8, 4) is 0 Å². The molecule has 5 heteroatoms. The first kappa shape index (κ1) is 20.6. The van der Waals surface area contributed by atoms with Crippen molar-refractivity contribution in [2.45, 2.75) is 77.8 Å². The highest BCUT2D eigenvalue weighted by Crippen LogP contribution is 2.45. The number of anilines is 1. The topological polar surface area (TPSA) is 48.5 Å². The molecular formula is C24H38N4O. The fourth-order valence-corrected chi connectivity index (χ4v) is 5.29. The molecule has 4 rings (SSSR count). The van der Waals surface area contributed by atoms with Crippen molar-refractivity contribution in [3.63, 3.8) is 0 Å². The SMILES string of the molecule is CCC(C)(CC)C1CCC(N2CCN(c3ccc(C(=O)NC4CC4)nc3)CC2)C1. The van der Waals surface area contributed by atoms with Crippen LogP contribution in [0.3, 0.4) is 0 Å². The predicted molar refractivity (Wildman–Crippen MR) is 118 cm³/mol. The number of rotatable bonds is 7. The van der Waals surface area contributed by atoms with E-state index in [9.17, 15) is 4.79 Å². The highest BCUT2D eigenvalue weighted by Gasteiger charge is 2.39. The van der Waals surface area contributed by atoms with Gasteiger partial charge < -0.3 is 10.2 Å². The smallest absolute Gasteiger partial charge is 0.270 e. The summed E-state index contributed by atoms with van der Waals surface area (Å²) >= 11 is 0. The van der Waals surface area contributed by atoms with Crippen LogP contribution >= 0.6 is 0 Å². The molecule has 0 radical (unpaired) electrons. The molecule has 1 aromatic rings. The number of hydrogen-bond acceptors (Lipinski definition) is 4. The number of carbonyl (C=O) groups excluding carboxylic acids is 1. The van der Waals surface area contributed by atoms with Gasteiger partial charge in [-0.25, -0.2) is 4.98 Å². The third kappa shape index (κ3) is 4.60. The Morgan fingerprint density at radius 2 is 1.83 bits per heavy atom. The fraction of sp³-hybridized carbons (Fsp3) is 0.750. The van der Waals surface area contributed by atoms with Crippen LogP contribution in [-0.4, -0.2) is 54.1 Å². The Morgan fingerprint density at radius 1 is 1.10 bits per heavy atom. The monoisotopic (exact) mass is 398 g/mol. The average molecular weight is 399 g/mol. The van der Waals surface area contributed by atoms with Crippen LogP contribution < -0.4 is 10.2 Å². The van der Waals surface area contributed by atoms with Gasteiger partial charge in [0, 0.05) is 38.3 Å². The molecular weight excluding hydrogens is 360 g/mol. The van der Waals surface area contributed by atoms with Crippen LogP contribution in [0.25, 0.3) is 0 Å². The van der Waals surface area contributed by atoms with Gasteiger partial charge in [-0.2, -0.15) is 0 Å². The highest BCUT2D eigenvalue weighted by molar-refractivity contribution is 5.92. The van der Waals surface area contributed by atoms with Crippen LogP contribution in [0.15, 0.2) is 18.3 Å². The summed E-state index contributed by atoms with van der Waals surface area (Å²) < 4.78 is 0. The van der Waals surface area contributed by atoms with Crippen molar-refractivity contribution in [3.05, 3.63) is 24.0 Å². The van der Waals surface area contributed by atoms with Crippen LogP contribution in [0.5, 0.6) is 0 Å². The van der Waals surface area contributed by atoms with Crippen molar-refractivity contribution in [1.29, 1.82) is 0 Å². The zero-order valence-corrected chi connectivity index (χ0v) is 18.5. The summed E-state index contributed by atoms with van der Waals surface area (Å²) in [6.07, 6.45) is 10.8. The van der Waals surface area contributed by atoms with E-state index in [2.05, 4.69) is 46.9 Å². The zero-order chi connectivity index (χ0) is 20.4. The van der Waals surface area contributed by atoms with Gasteiger partial charge in [-0.1, -0.05) is 33.6 Å². The maximum atomic E-state index is 12.1. The summed E-state index contributed by atoms with van der Waals surface area (Å²) in [6, 6.07) is 5.08. The summed E-state index contributed by atoms with van der Waals surface area (Å²) in [5.74, 6) is 0.852. The summed E-state index contributed by atoms with van der Waals surface area (Å²) in [6.45, 7) is 11.6. The molecule has 2 atom stereocenters. The molecule has 2 aliphatic carbocycles. The van der Waals surface area contributed by atoms with Crippen LogP contribution in [0.4, 0.5) is 5.69 Å². The predicted octanol–water partition coefficient (Wildman–Crippen LogP) is 4.09. The largest absolute Gasteiger partial charge is 0.368 e. The number of aromatic nitrogens is 1. The second-order valence-electron chi connectivity index (χ2n) is 9.70. The van der Waals surface area contributed by atoms with Gasteiger partial charge in [-0.15, -0.1) is 0 Å². The normalized spacial score (nSPS) is 26.0. The Hall–Kier alpha value is -1.62. The molecule has 29 heavy (non-hydrogen) atoms. The van der Waals surface area contributed by atoms with Crippen LogP contribution in [0.1, 0.15) is 76.2 Å². The molecule has 3 aliphatic rings. The van der Waals surface area contributed by atoms with Crippen molar-refractivity contribution >= 4 is 11.6 Å². The van der Waals surface area contributed by atoms with E-state index in [1.54, 1.807) is 0 Å². The third-order valence-electron chi connectivity index (χ3n) is 8.09. The molecule has 1 N–H and O–H groups in total. The third-order valence-corrected chi connectivity index (χ3v) is 8.09. The van der Waals surface area contributed by atoms with Gasteiger partial charge in [0.25, 0.3) is 5.91 Å². The minimum atomic E-state index is -0.0363. The number of carbonyl (C=O) groups is 1. The Kier molecular flexibility index (Phi) is 6.14. The molecule has 5 nitrogen and oxygen atoms in total. The zero-order valence-electron chi connectivity index (χ0n) is 18.5. The van der Waals surface area contributed by atoms with Gasteiger partial charge in [-0.3, -0.25) is 9.69 Å². The lowest BCUT2D eigenvalue weighted by Gasteiger charge is -2.40. The first-order valence-electron chi connectivity index (χ1n) is 11.8. The molecule has 2 saturated carbocycles. The van der Waals surface area contributed by atoms with E-state index in [4.69, 9.17) is 0 Å². The summed E-state index contributed by atoms with van der Waals surface area (Å²) in [5.41, 5.74) is 2.20. The van der Waals surface area contributed by atoms with E-state index in [-0.39, 0.29) is 5.91 Å². The van der Waals surface area contributed by atoms with E-state index in [0.29, 0.717) is 17.2 Å². The van der Waals surface area contributed by atoms with Crippen molar-refractivity contribution < 1.29 is 4.79 Å². The average Bonchev–Trinajstić information content (AvgIpc) is 3.44. The number of nitrogens with one attached hydrogen (secondary N) is 1. The number of amides is 1. The number of piperazine rings is 1.